The van der Waals surface area contributed by atoms with E-state index in [4.69, 9.17) is 15.9 Å². The molecular weight excluding hydrogens is 182 g/mol. The molecule has 0 aromatic rings. The van der Waals surface area contributed by atoms with E-state index >= 15 is 0 Å². The molecule has 0 saturated heterocycles. The van der Waals surface area contributed by atoms with E-state index in [-0.39, 0.29) is 12.5 Å². The lowest BCUT2D eigenvalue weighted by atomic mass is 9.82. The van der Waals surface area contributed by atoms with E-state index in [1.165, 1.54) is 0 Å². The summed E-state index contributed by atoms with van der Waals surface area (Å²) in [6.07, 6.45) is 3.62. The average molecular weight is 203 g/mol. The molecule has 1 aliphatic rings. The Morgan fingerprint density at radius 3 is 2.07 bits per heavy atom. The van der Waals surface area contributed by atoms with Gasteiger partial charge in [0.1, 0.15) is 0 Å². The summed E-state index contributed by atoms with van der Waals surface area (Å²) in [4.78, 5) is 10.5. The Labute approximate surface area is 85.1 Å². The van der Waals surface area contributed by atoms with Crippen molar-refractivity contribution in [1.29, 1.82) is 0 Å². The van der Waals surface area contributed by atoms with Crippen molar-refractivity contribution in [3.05, 3.63) is 0 Å². The molecule has 1 saturated carbocycles. The second-order valence-electron chi connectivity index (χ2n) is 3.61. The number of carbonyl (C=O) groups is 1. The van der Waals surface area contributed by atoms with Crippen LogP contribution in [0.5, 0.6) is 0 Å². The number of carboxylic acid groups (broad SMARTS) is 1. The van der Waals surface area contributed by atoms with Gasteiger partial charge in [-0.25, -0.2) is 0 Å². The highest BCUT2D eigenvalue weighted by molar-refractivity contribution is 5.69. The fourth-order valence-electron chi connectivity index (χ4n) is 1.65. The second kappa shape index (κ2) is 7.76. The highest BCUT2D eigenvalue weighted by Gasteiger charge is 2.24. The highest BCUT2D eigenvalue weighted by atomic mass is 16.4. The maximum Gasteiger partial charge on any atom is 0.306 e. The van der Waals surface area contributed by atoms with Crippen molar-refractivity contribution in [3.63, 3.8) is 0 Å². The van der Waals surface area contributed by atoms with E-state index in [1.807, 2.05) is 0 Å². The van der Waals surface area contributed by atoms with Crippen LogP contribution < -0.4 is 5.73 Å². The zero-order valence-electron chi connectivity index (χ0n) is 8.78. The van der Waals surface area contributed by atoms with Gasteiger partial charge in [0, 0.05) is 6.61 Å². The van der Waals surface area contributed by atoms with Crippen molar-refractivity contribution in [2.45, 2.75) is 32.6 Å². The Balaban J connectivity index is 0.000000500. The van der Waals surface area contributed by atoms with Crippen molar-refractivity contribution in [2.24, 2.45) is 17.6 Å². The fourth-order valence-corrected chi connectivity index (χ4v) is 1.65. The SMILES string of the molecule is CCO.NCC1CCC(C(=O)O)CC1. The second-order valence-corrected chi connectivity index (χ2v) is 3.61. The zero-order chi connectivity index (χ0) is 11.0. The normalized spacial score (nSPS) is 26.2. The maximum absolute atomic E-state index is 10.5. The standard InChI is InChI=1S/C8H15NO2.C2H6O/c9-5-6-1-3-7(4-2-6)8(10)11;1-2-3/h6-7H,1-5,9H2,(H,10,11);3H,2H2,1H3. The Morgan fingerprint density at radius 2 is 1.79 bits per heavy atom. The van der Waals surface area contributed by atoms with Gasteiger partial charge < -0.3 is 15.9 Å². The summed E-state index contributed by atoms with van der Waals surface area (Å²) in [5.74, 6) is -0.163. The first kappa shape index (κ1) is 13.4. The first-order chi connectivity index (χ1) is 6.65. The molecule has 0 aromatic heterocycles. The van der Waals surface area contributed by atoms with Gasteiger partial charge in [-0.1, -0.05) is 0 Å². The number of carboxylic acids is 1. The predicted octanol–water partition coefficient (Wildman–Crippen LogP) is 0.835. The molecule has 4 heteroatoms. The smallest absolute Gasteiger partial charge is 0.306 e. The van der Waals surface area contributed by atoms with Gasteiger partial charge in [-0.05, 0) is 45.1 Å². The van der Waals surface area contributed by atoms with Crippen molar-refractivity contribution >= 4 is 5.97 Å². The Bertz CT molecular complexity index is 153. The van der Waals surface area contributed by atoms with Crippen molar-refractivity contribution in [1.82, 2.24) is 0 Å². The molecule has 1 fully saturated rings. The summed E-state index contributed by atoms with van der Waals surface area (Å²) in [7, 11) is 0. The first-order valence-electron chi connectivity index (χ1n) is 5.19. The van der Waals surface area contributed by atoms with Gasteiger partial charge in [-0.2, -0.15) is 0 Å². The molecule has 0 heterocycles. The van der Waals surface area contributed by atoms with Crippen LogP contribution in [0.25, 0.3) is 0 Å². The lowest BCUT2D eigenvalue weighted by molar-refractivity contribution is -0.143. The molecule has 4 nitrogen and oxygen atoms in total. The van der Waals surface area contributed by atoms with Gasteiger partial charge in [0.05, 0.1) is 5.92 Å². The van der Waals surface area contributed by atoms with Gasteiger partial charge in [0.15, 0.2) is 0 Å². The van der Waals surface area contributed by atoms with Gasteiger partial charge in [-0.3, -0.25) is 4.79 Å². The predicted molar refractivity (Wildman–Crippen MR) is 54.9 cm³/mol. The van der Waals surface area contributed by atoms with Crippen LogP contribution in [0.4, 0.5) is 0 Å². The Kier molecular flexibility index (Phi) is 7.42. The molecule has 0 bridgehead atoms. The average Bonchev–Trinajstić information content (AvgIpc) is 2.19. The summed E-state index contributed by atoms with van der Waals surface area (Å²) in [6.45, 7) is 2.65. The fraction of sp³-hybridized carbons (Fsp3) is 0.900. The highest BCUT2D eigenvalue weighted by Crippen LogP contribution is 2.27. The number of aliphatic carboxylic acids is 1. The number of aliphatic hydroxyl groups is 1. The molecule has 0 radical (unpaired) electrons. The third-order valence-electron chi connectivity index (χ3n) is 2.53. The van der Waals surface area contributed by atoms with E-state index in [2.05, 4.69) is 0 Å². The monoisotopic (exact) mass is 203 g/mol. The van der Waals surface area contributed by atoms with Gasteiger partial charge in [0.25, 0.3) is 0 Å². The van der Waals surface area contributed by atoms with Crippen LogP contribution in [0.3, 0.4) is 0 Å². The largest absolute Gasteiger partial charge is 0.481 e. The van der Waals surface area contributed by atoms with E-state index in [9.17, 15) is 4.79 Å². The van der Waals surface area contributed by atoms with Crippen LogP contribution in [-0.4, -0.2) is 29.3 Å². The van der Waals surface area contributed by atoms with Crippen molar-refractivity contribution < 1.29 is 15.0 Å². The minimum atomic E-state index is -0.638. The number of rotatable bonds is 2. The summed E-state index contributed by atoms with van der Waals surface area (Å²) in [5.41, 5.74) is 5.48. The van der Waals surface area contributed by atoms with Crippen molar-refractivity contribution in [3.8, 4) is 0 Å². The zero-order valence-corrected chi connectivity index (χ0v) is 8.78. The maximum atomic E-state index is 10.5. The third kappa shape index (κ3) is 5.19. The molecule has 1 rings (SSSR count). The van der Waals surface area contributed by atoms with E-state index < -0.39 is 5.97 Å². The third-order valence-corrected chi connectivity index (χ3v) is 2.53. The lowest BCUT2D eigenvalue weighted by Crippen LogP contribution is -2.25. The van der Waals surface area contributed by atoms with E-state index in [0.29, 0.717) is 12.5 Å². The molecule has 0 atom stereocenters. The summed E-state index contributed by atoms with van der Waals surface area (Å²) < 4.78 is 0. The molecule has 0 unspecified atom stereocenters. The van der Waals surface area contributed by atoms with E-state index in [1.54, 1.807) is 6.92 Å². The molecule has 0 spiro atoms. The minimum Gasteiger partial charge on any atom is -0.481 e. The number of hydrogen-bond donors (Lipinski definition) is 3. The molecule has 0 aromatic carbocycles. The number of hydrogen-bond acceptors (Lipinski definition) is 3. The number of nitrogens with two attached hydrogens (primary N) is 1. The van der Waals surface area contributed by atoms with Crippen LogP contribution >= 0.6 is 0 Å². The van der Waals surface area contributed by atoms with Gasteiger partial charge in [-0.15, -0.1) is 0 Å². The summed E-state index contributed by atoms with van der Waals surface area (Å²) in [6, 6.07) is 0. The lowest BCUT2D eigenvalue weighted by Gasteiger charge is -2.24. The quantitative estimate of drug-likeness (QED) is 0.621. The van der Waals surface area contributed by atoms with Gasteiger partial charge in [0.2, 0.25) is 0 Å². The van der Waals surface area contributed by atoms with Crippen LogP contribution in [-0.2, 0) is 4.79 Å². The van der Waals surface area contributed by atoms with Crippen molar-refractivity contribution in [2.75, 3.05) is 13.2 Å². The van der Waals surface area contributed by atoms with Crippen LogP contribution in [0.2, 0.25) is 0 Å². The van der Waals surface area contributed by atoms with E-state index in [0.717, 1.165) is 25.7 Å². The molecular formula is C10H21NO3. The first-order valence-corrected chi connectivity index (χ1v) is 5.19. The molecule has 84 valence electrons. The molecule has 0 aliphatic heterocycles. The summed E-state index contributed by atoms with van der Waals surface area (Å²) >= 11 is 0. The Morgan fingerprint density at radius 1 is 1.36 bits per heavy atom. The Hall–Kier alpha value is -0.610. The van der Waals surface area contributed by atoms with Crippen LogP contribution in [0, 0.1) is 11.8 Å². The molecule has 4 N–H and O–H groups in total. The topological polar surface area (TPSA) is 83.5 Å². The van der Waals surface area contributed by atoms with Crippen LogP contribution in [0.1, 0.15) is 32.6 Å². The number of aliphatic hydroxyl groups excluding tert-OH is 1. The molecule has 1 aliphatic carbocycles. The minimum absolute atomic E-state index is 0.0993. The molecule has 14 heavy (non-hydrogen) atoms. The van der Waals surface area contributed by atoms with Crippen LogP contribution in [0.15, 0.2) is 0 Å². The van der Waals surface area contributed by atoms with Gasteiger partial charge >= 0.3 is 5.97 Å². The molecule has 0 amide bonds. The summed E-state index contributed by atoms with van der Waals surface area (Å²) in [5, 5.41) is 16.2.